The van der Waals surface area contributed by atoms with Gasteiger partial charge in [0, 0.05) is 18.7 Å². The molecule has 0 spiro atoms. The Bertz CT molecular complexity index is 804. The summed E-state index contributed by atoms with van der Waals surface area (Å²) in [7, 11) is 0. The molecule has 0 saturated carbocycles. The van der Waals surface area contributed by atoms with Gasteiger partial charge in [-0.25, -0.2) is 15.0 Å². The number of nitriles is 1. The first-order valence-electron chi connectivity index (χ1n) is 5.86. The lowest BCUT2D eigenvalue weighted by atomic mass is 10.3. The minimum absolute atomic E-state index is 0.434. The molecule has 0 saturated heterocycles. The van der Waals surface area contributed by atoms with Gasteiger partial charge in [0.25, 0.3) is 0 Å². The predicted molar refractivity (Wildman–Crippen MR) is 73.3 cm³/mol. The van der Waals surface area contributed by atoms with Crippen molar-refractivity contribution >= 4 is 28.4 Å². The van der Waals surface area contributed by atoms with Gasteiger partial charge in [-0.15, -0.1) is 0 Å². The fourth-order valence-corrected chi connectivity index (χ4v) is 1.82. The van der Waals surface area contributed by atoms with E-state index in [-0.39, 0.29) is 0 Å². The van der Waals surface area contributed by atoms with Crippen LogP contribution in [-0.2, 0) is 0 Å². The standard InChI is InChI=1S/C13H10N6O/c1-8-18-10-4-9(2-3-11(10)20-8)19-13-5-12(15-6-14)16-7-17-13/h2-5,7H,1H3,(H2,15,16,17,19). The summed E-state index contributed by atoms with van der Waals surface area (Å²) in [5.41, 5.74) is 2.34. The Labute approximate surface area is 114 Å². The van der Waals surface area contributed by atoms with Gasteiger partial charge in [-0.2, -0.15) is 5.26 Å². The number of fused-ring (bicyclic) bond motifs is 1. The quantitative estimate of drug-likeness (QED) is 0.555. The van der Waals surface area contributed by atoms with Crippen LogP contribution in [0.25, 0.3) is 11.1 Å². The van der Waals surface area contributed by atoms with Gasteiger partial charge in [-0.1, -0.05) is 0 Å². The minimum Gasteiger partial charge on any atom is -0.441 e. The van der Waals surface area contributed by atoms with Crippen molar-refractivity contribution in [3.05, 3.63) is 36.5 Å². The first kappa shape index (κ1) is 11.9. The lowest BCUT2D eigenvalue weighted by Crippen LogP contribution is -1.97. The molecule has 0 aliphatic heterocycles. The molecule has 0 atom stereocenters. The van der Waals surface area contributed by atoms with Crippen molar-refractivity contribution in [1.29, 1.82) is 5.26 Å². The van der Waals surface area contributed by atoms with Gasteiger partial charge in [0.1, 0.15) is 23.5 Å². The van der Waals surface area contributed by atoms with Crippen LogP contribution in [0.15, 0.2) is 35.0 Å². The maximum Gasteiger partial charge on any atom is 0.192 e. The average Bonchev–Trinajstić information content (AvgIpc) is 2.79. The number of anilines is 3. The second kappa shape index (κ2) is 4.85. The zero-order valence-corrected chi connectivity index (χ0v) is 10.6. The van der Waals surface area contributed by atoms with Crippen molar-refractivity contribution in [3.63, 3.8) is 0 Å². The fraction of sp³-hybridized carbons (Fsp3) is 0.0769. The molecule has 0 bridgehead atoms. The van der Waals surface area contributed by atoms with Crippen molar-refractivity contribution in [2.24, 2.45) is 0 Å². The van der Waals surface area contributed by atoms with Crippen LogP contribution in [0.1, 0.15) is 5.89 Å². The summed E-state index contributed by atoms with van der Waals surface area (Å²) < 4.78 is 5.41. The Hall–Kier alpha value is -3.14. The summed E-state index contributed by atoms with van der Waals surface area (Å²) >= 11 is 0. The van der Waals surface area contributed by atoms with Crippen LogP contribution >= 0.6 is 0 Å². The first-order valence-corrected chi connectivity index (χ1v) is 5.86. The van der Waals surface area contributed by atoms with Crippen LogP contribution < -0.4 is 10.6 Å². The number of nitrogens with one attached hydrogen (secondary N) is 2. The number of nitrogens with zero attached hydrogens (tertiary/aromatic N) is 4. The molecule has 2 heterocycles. The summed E-state index contributed by atoms with van der Waals surface area (Å²) in [5, 5.41) is 14.1. The summed E-state index contributed by atoms with van der Waals surface area (Å²) in [6.07, 6.45) is 3.19. The van der Waals surface area contributed by atoms with E-state index < -0.39 is 0 Å². The SMILES string of the molecule is Cc1nc2cc(Nc3cc(NC#N)ncn3)ccc2o1. The average molecular weight is 266 g/mol. The van der Waals surface area contributed by atoms with Gasteiger partial charge in [0.15, 0.2) is 17.7 Å². The minimum atomic E-state index is 0.434. The molecule has 3 rings (SSSR count). The molecule has 3 aromatic rings. The monoisotopic (exact) mass is 266 g/mol. The molecule has 0 unspecified atom stereocenters. The normalized spacial score (nSPS) is 10.2. The van der Waals surface area contributed by atoms with Crippen LogP contribution in [0.4, 0.5) is 17.3 Å². The van der Waals surface area contributed by atoms with Gasteiger partial charge < -0.3 is 9.73 Å². The molecule has 2 N–H and O–H groups in total. The Balaban J connectivity index is 1.88. The summed E-state index contributed by atoms with van der Waals surface area (Å²) in [5.74, 6) is 1.64. The maximum absolute atomic E-state index is 8.56. The van der Waals surface area contributed by atoms with Crippen molar-refractivity contribution in [2.45, 2.75) is 6.92 Å². The Morgan fingerprint density at radius 3 is 2.90 bits per heavy atom. The van der Waals surface area contributed by atoms with Crippen LogP contribution in [0.5, 0.6) is 0 Å². The molecular formula is C13H10N6O. The number of benzene rings is 1. The highest BCUT2D eigenvalue weighted by Crippen LogP contribution is 2.22. The smallest absolute Gasteiger partial charge is 0.192 e. The third-order valence-corrected chi connectivity index (χ3v) is 2.62. The lowest BCUT2D eigenvalue weighted by Gasteiger charge is -2.05. The number of aryl methyl sites for hydroxylation is 1. The maximum atomic E-state index is 8.56. The number of hydrogen-bond acceptors (Lipinski definition) is 7. The lowest BCUT2D eigenvalue weighted by molar-refractivity contribution is 0.561. The van der Waals surface area contributed by atoms with E-state index in [4.69, 9.17) is 9.68 Å². The van der Waals surface area contributed by atoms with E-state index >= 15 is 0 Å². The molecule has 1 aromatic carbocycles. The van der Waals surface area contributed by atoms with E-state index in [1.54, 1.807) is 13.0 Å². The third-order valence-electron chi connectivity index (χ3n) is 2.62. The Morgan fingerprint density at radius 1 is 1.20 bits per heavy atom. The molecule has 98 valence electrons. The van der Waals surface area contributed by atoms with Gasteiger partial charge in [-0.05, 0) is 18.2 Å². The van der Waals surface area contributed by atoms with E-state index in [0.717, 1.165) is 16.8 Å². The summed E-state index contributed by atoms with van der Waals surface area (Å²) in [6.45, 7) is 1.80. The second-order valence-corrected chi connectivity index (χ2v) is 4.07. The van der Waals surface area contributed by atoms with Crippen molar-refractivity contribution in [3.8, 4) is 6.19 Å². The van der Waals surface area contributed by atoms with Crippen molar-refractivity contribution in [2.75, 3.05) is 10.6 Å². The van der Waals surface area contributed by atoms with Crippen molar-refractivity contribution < 1.29 is 4.42 Å². The predicted octanol–water partition coefficient (Wildman–Crippen LogP) is 2.56. The van der Waals surface area contributed by atoms with Gasteiger partial charge >= 0.3 is 0 Å². The number of hydrogen-bond donors (Lipinski definition) is 2. The molecule has 0 radical (unpaired) electrons. The number of oxazole rings is 1. The van der Waals surface area contributed by atoms with Crippen LogP contribution in [0, 0.1) is 18.4 Å². The number of aromatic nitrogens is 3. The highest BCUT2D eigenvalue weighted by molar-refractivity contribution is 5.78. The van der Waals surface area contributed by atoms with E-state index in [2.05, 4.69) is 25.6 Å². The van der Waals surface area contributed by atoms with Gasteiger partial charge in [0.05, 0.1) is 0 Å². The molecule has 2 aromatic heterocycles. The van der Waals surface area contributed by atoms with E-state index in [1.165, 1.54) is 6.33 Å². The van der Waals surface area contributed by atoms with Gasteiger partial charge in [0.2, 0.25) is 0 Å². The third kappa shape index (κ3) is 2.35. The summed E-state index contributed by atoms with van der Waals surface area (Å²) in [4.78, 5) is 12.3. The zero-order valence-electron chi connectivity index (χ0n) is 10.6. The molecule has 7 heteroatoms. The molecule has 7 nitrogen and oxygen atoms in total. The number of rotatable bonds is 3. The van der Waals surface area contributed by atoms with Crippen LogP contribution in [0.2, 0.25) is 0 Å². The van der Waals surface area contributed by atoms with Crippen LogP contribution in [0.3, 0.4) is 0 Å². The fourth-order valence-electron chi connectivity index (χ4n) is 1.82. The molecule has 20 heavy (non-hydrogen) atoms. The highest BCUT2D eigenvalue weighted by atomic mass is 16.3. The van der Waals surface area contributed by atoms with E-state index in [9.17, 15) is 0 Å². The highest BCUT2D eigenvalue weighted by Gasteiger charge is 2.04. The topological polar surface area (TPSA) is 99.7 Å². The van der Waals surface area contributed by atoms with Crippen molar-refractivity contribution in [1.82, 2.24) is 15.0 Å². The molecule has 0 amide bonds. The molecule has 0 aliphatic carbocycles. The zero-order chi connectivity index (χ0) is 13.9. The molecular weight excluding hydrogens is 256 g/mol. The van der Waals surface area contributed by atoms with Gasteiger partial charge in [-0.3, -0.25) is 5.32 Å². The van der Waals surface area contributed by atoms with E-state index in [1.807, 2.05) is 24.4 Å². The molecule has 0 aliphatic rings. The second-order valence-electron chi connectivity index (χ2n) is 4.07. The Morgan fingerprint density at radius 2 is 2.05 bits per heavy atom. The molecule has 0 fully saturated rings. The largest absolute Gasteiger partial charge is 0.441 e. The van der Waals surface area contributed by atoms with E-state index in [0.29, 0.717) is 17.5 Å². The Kier molecular flexibility index (Phi) is 2.89. The summed E-state index contributed by atoms with van der Waals surface area (Å²) in [6, 6.07) is 7.21. The van der Waals surface area contributed by atoms with Crippen LogP contribution in [-0.4, -0.2) is 15.0 Å². The first-order chi connectivity index (χ1) is 9.74.